The summed E-state index contributed by atoms with van der Waals surface area (Å²) >= 11 is 0. The highest BCUT2D eigenvalue weighted by Gasteiger charge is 2.22. The molecule has 0 radical (unpaired) electrons. The van der Waals surface area contributed by atoms with E-state index in [4.69, 9.17) is 0 Å². The normalized spacial score (nSPS) is 23.7. The Hall–Kier alpha value is -1.35. The lowest BCUT2D eigenvalue weighted by Gasteiger charge is -2.30. The van der Waals surface area contributed by atoms with E-state index in [1.165, 1.54) is 5.56 Å². The van der Waals surface area contributed by atoms with Crippen molar-refractivity contribution >= 4 is 5.91 Å². The predicted molar refractivity (Wildman–Crippen MR) is 73.5 cm³/mol. The maximum atomic E-state index is 12.0. The molecule has 3 heteroatoms. The van der Waals surface area contributed by atoms with E-state index >= 15 is 0 Å². The molecule has 2 atom stereocenters. The van der Waals surface area contributed by atoms with Crippen LogP contribution in [0.5, 0.6) is 0 Å². The minimum atomic E-state index is 0.129. The van der Waals surface area contributed by atoms with Gasteiger partial charge in [-0.25, -0.2) is 0 Å². The van der Waals surface area contributed by atoms with Crippen molar-refractivity contribution in [2.75, 3.05) is 6.54 Å². The predicted octanol–water partition coefficient (Wildman–Crippen LogP) is 1.79. The summed E-state index contributed by atoms with van der Waals surface area (Å²) in [6.45, 7) is 5.25. The van der Waals surface area contributed by atoms with Crippen molar-refractivity contribution in [3.05, 3.63) is 35.4 Å². The number of hydrogen-bond acceptors (Lipinski definition) is 2. The van der Waals surface area contributed by atoms with Crippen LogP contribution in [-0.2, 0) is 11.2 Å². The Labute approximate surface area is 109 Å². The smallest absolute Gasteiger partial charge is 0.224 e. The van der Waals surface area contributed by atoms with E-state index in [9.17, 15) is 4.79 Å². The van der Waals surface area contributed by atoms with Gasteiger partial charge in [0, 0.05) is 12.1 Å². The number of benzene rings is 1. The summed E-state index contributed by atoms with van der Waals surface area (Å²) in [5, 5.41) is 6.54. The van der Waals surface area contributed by atoms with Crippen molar-refractivity contribution in [2.45, 2.75) is 45.2 Å². The molecule has 0 aromatic heterocycles. The molecule has 1 aromatic carbocycles. The van der Waals surface area contributed by atoms with Gasteiger partial charge in [-0.3, -0.25) is 4.79 Å². The van der Waals surface area contributed by atoms with Gasteiger partial charge in [-0.15, -0.1) is 0 Å². The number of piperidine rings is 1. The van der Waals surface area contributed by atoms with E-state index in [1.807, 2.05) is 31.2 Å². The summed E-state index contributed by atoms with van der Waals surface area (Å²) in [7, 11) is 0. The second-order valence-corrected chi connectivity index (χ2v) is 5.16. The largest absolute Gasteiger partial charge is 0.352 e. The van der Waals surface area contributed by atoms with Crippen molar-refractivity contribution in [3.8, 4) is 0 Å². The summed E-state index contributed by atoms with van der Waals surface area (Å²) in [6, 6.07) is 8.71. The number of carbonyl (C=O) groups is 1. The quantitative estimate of drug-likeness (QED) is 0.854. The number of aryl methyl sites for hydroxylation is 1. The van der Waals surface area contributed by atoms with E-state index in [2.05, 4.69) is 17.6 Å². The van der Waals surface area contributed by atoms with Gasteiger partial charge in [0.25, 0.3) is 0 Å². The fraction of sp³-hybridized carbons (Fsp3) is 0.533. The Morgan fingerprint density at radius 3 is 2.94 bits per heavy atom. The summed E-state index contributed by atoms with van der Waals surface area (Å²) in [5.41, 5.74) is 2.30. The average molecular weight is 246 g/mol. The summed E-state index contributed by atoms with van der Waals surface area (Å²) < 4.78 is 0. The van der Waals surface area contributed by atoms with Crippen molar-refractivity contribution < 1.29 is 4.79 Å². The third-order valence-corrected chi connectivity index (χ3v) is 3.72. The highest BCUT2D eigenvalue weighted by Crippen LogP contribution is 2.10. The minimum Gasteiger partial charge on any atom is -0.352 e. The van der Waals surface area contributed by atoms with Crippen molar-refractivity contribution in [3.63, 3.8) is 0 Å². The van der Waals surface area contributed by atoms with Gasteiger partial charge < -0.3 is 10.6 Å². The Morgan fingerprint density at radius 1 is 1.44 bits per heavy atom. The zero-order chi connectivity index (χ0) is 13.0. The molecule has 1 aliphatic rings. The first-order chi connectivity index (χ1) is 8.66. The van der Waals surface area contributed by atoms with Crippen LogP contribution in [-0.4, -0.2) is 24.5 Å². The maximum absolute atomic E-state index is 12.0. The Kier molecular flexibility index (Phi) is 4.37. The van der Waals surface area contributed by atoms with Gasteiger partial charge in [0.2, 0.25) is 5.91 Å². The van der Waals surface area contributed by atoms with Crippen LogP contribution in [0.2, 0.25) is 0 Å². The van der Waals surface area contributed by atoms with Crippen molar-refractivity contribution in [2.24, 2.45) is 0 Å². The number of carbonyl (C=O) groups excluding carboxylic acids is 1. The zero-order valence-electron chi connectivity index (χ0n) is 11.2. The number of nitrogens with one attached hydrogen (secondary N) is 2. The molecule has 0 spiro atoms. The van der Waals surface area contributed by atoms with Crippen LogP contribution < -0.4 is 10.6 Å². The van der Waals surface area contributed by atoms with Crippen molar-refractivity contribution in [1.82, 2.24) is 10.6 Å². The molecule has 0 bridgehead atoms. The number of hydrogen-bond donors (Lipinski definition) is 2. The molecule has 2 N–H and O–H groups in total. The van der Waals surface area contributed by atoms with E-state index in [0.29, 0.717) is 12.5 Å². The molecule has 1 aromatic rings. The molecule has 1 fully saturated rings. The van der Waals surface area contributed by atoms with Crippen LogP contribution >= 0.6 is 0 Å². The third kappa shape index (κ3) is 3.33. The average Bonchev–Trinajstić information content (AvgIpc) is 2.35. The summed E-state index contributed by atoms with van der Waals surface area (Å²) in [4.78, 5) is 12.0. The maximum Gasteiger partial charge on any atom is 0.224 e. The molecule has 1 saturated heterocycles. The fourth-order valence-corrected chi connectivity index (χ4v) is 2.48. The van der Waals surface area contributed by atoms with Gasteiger partial charge in [0.15, 0.2) is 0 Å². The third-order valence-electron chi connectivity index (χ3n) is 3.72. The standard InChI is InChI=1S/C15H22N2O/c1-11-6-3-4-7-13(11)10-15(18)17-14-8-5-9-16-12(14)2/h3-4,6-7,12,14,16H,5,8-10H2,1-2H3,(H,17,18)/t12-,14+/m1/s1. The molecular formula is C15H22N2O. The molecular weight excluding hydrogens is 224 g/mol. The molecule has 0 aliphatic carbocycles. The lowest BCUT2D eigenvalue weighted by molar-refractivity contribution is -0.121. The Morgan fingerprint density at radius 2 is 2.22 bits per heavy atom. The molecule has 18 heavy (non-hydrogen) atoms. The van der Waals surface area contributed by atoms with Crippen LogP contribution in [0.25, 0.3) is 0 Å². The van der Waals surface area contributed by atoms with E-state index in [-0.39, 0.29) is 11.9 Å². The topological polar surface area (TPSA) is 41.1 Å². The van der Waals surface area contributed by atoms with Crippen LogP contribution in [0, 0.1) is 6.92 Å². The Bertz CT molecular complexity index is 417. The van der Waals surface area contributed by atoms with Crippen LogP contribution in [0.1, 0.15) is 30.9 Å². The monoisotopic (exact) mass is 246 g/mol. The van der Waals surface area contributed by atoms with E-state index < -0.39 is 0 Å². The van der Waals surface area contributed by atoms with Crippen LogP contribution in [0.15, 0.2) is 24.3 Å². The summed E-state index contributed by atoms with van der Waals surface area (Å²) in [5.74, 6) is 0.129. The highest BCUT2D eigenvalue weighted by molar-refractivity contribution is 5.79. The van der Waals surface area contributed by atoms with Gasteiger partial charge >= 0.3 is 0 Å². The molecule has 2 rings (SSSR count). The molecule has 1 aliphatic heterocycles. The number of rotatable bonds is 3. The van der Waals surface area contributed by atoms with Crippen LogP contribution in [0.4, 0.5) is 0 Å². The van der Waals surface area contributed by atoms with Crippen molar-refractivity contribution in [1.29, 1.82) is 0 Å². The minimum absolute atomic E-state index is 0.129. The lowest BCUT2D eigenvalue weighted by Crippen LogP contribution is -2.52. The summed E-state index contributed by atoms with van der Waals surface area (Å²) in [6.07, 6.45) is 2.70. The molecule has 1 amide bonds. The zero-order valence-corrected chi connectivity index (χ0v) is 11.2. The second kappa shape index (κ2) is 6.01. The highest BCUT2D eigenvalue weighted by atomic mass is 16.1. The van der Waals surface area contributed by atoms with Gasteiger partial charge in [-0.2, -0.15) is 0 Å². The van der Waals surface area contributed by atoms with Crippen LogP contribution in [0.3, 0.4) is 0 Å². The fourth-order valence-electron chi connectivity index (χ4n) is 2.48. The molecule has 0 unspecified atom stereocenters. The first-order valence-electron chi connectivity index (χ1n) is 6.74. The molecule has 0 saturated carbocycles. The molecule has 98 valence electrons. The van der Waals surface area contributed by atoms with Gasteiger partial charge in [0.1, 0.15) is 0 Å². The lowest BCUT2D eigenvalue weighted by atomic mass is 9.99. The number of amides is 1. The van der Waals surface area contributed by atoms with E-state index in [1.54, 1.807) is 0 Å². The molecule has 1 heterocycles. The van der Waals surface area contributed by atoms with Gasteiger partial charge in [-0.1, -0.05) is 24.3 Å². The van der Waals surface area contributed by atoms with Gasteiger partial charge in [0.05, 0.1) is 6.42 Å². The SMILES string of the molecule is Cc1ccccc1CC(=O)N[C@H]1CCCN[C@@H]1C. The first kappa shape index (κ1) is 13.1. The van der Waals surface area contributed by atoms with E-state index in [0.717, 1.165) is 24.9 Å². The van der Waals surface area contributed by atoms with Gasteiger partial charge in [-0.05, 0) is 44.4 Å². The first-order valence-corrected chi connectivity index (χ1v) is 6.74. The molecule has 3 nitrogen and oxygen atoms in total. The second-order valence-electron chi connectivity index (χ2n) is 5.16. The Balaban J connectivity index is 1.90.